The lowest BCUT2D eigenvalue weighted by Gasteiger charge is -2.19. The summed E-state index contributed by atoms with van der Waals surface area (Å²) in [4.78, 5) is 11.1. The average Bonchev–Trinajstić information content (AvgIpc) is 2.15. The summed E-state index contributed by atoms with van der Waals surface area (Å²) < 4.78 is 14.6. The monoisotopic (exact) mass is 184 g/mol. The molecule has 1 atom stereocenters. The van der Waals surface area contributed by atoms with Crippen LogP contribution in [0.2, 0.25) is 0 Å². The first-order chi connectivity index (χ1) is 6.17. The van der Waals surface area contributed by atoms with Crippen molar-refractivity contribution in [2.45, 2.75) is 13.2 Å². The summed E-state index contributed by atoms with van der Waals surface area (Å²) >= 11 is 0. The zero-order valence-electron chi connectivity index (χ0n) is 7.87. The Kier molecular flexibility index (Phi) is 3.08. The lowest BCUT2D eigenvalue weighted by atomic mass is 10.2. The fourth-order valence-electron chi connectivity index (χ4n) is 0.987. The molecule has 0 unspecified atom stereocenters. The molecule has 13 heavy (non-hydrogen) atoms. The van der Waals surface area contributed by atoms with Crippen molar-refractivity contribution >= 4 is 5.97 Å². The van der Waals surface area contributed by atoms with Gasteiger partial charge in [-0.3, -0.25) is 0 Å². The summed E-state index contributed by atoms with van der Waals surface area (Å²) in [6, 6.07) is 0. The third-order valence-corrected chi connectivity index (χ3v) is 1.62. The van der Waals surface area contributed by atoms with Gasteiger partial charge < -0.3 is 14.2 Å². The second-order valence-electron chi connectivity index (χ2n) is 2.63. The first-order valence-corrected chi connectivity index (χ1v) is 3.85. The fraction of sp³-hybridized carbons (Fsp3) is 0.444. The van der Waals surface area contributed by atoms with Gasteiger partial charge in [0, 0.05) is 7.11 Å². The first kappa shape index (κ1) is 9.80. The highest BCUT2D eigenvalue weighted by molar-refractivity contribution is 5.87. The summed E-state index contributed by atoms with van der Waals surface area (Å²) in [6.45, 7) is 1.86. The molecule has 0 saturated carbocycles. The molecule has 0 amide bonds. The summed E-state index contributed by atoms with van der Waals surface area (Å²) in [7, 11) is 2.82. The number of hydrogen-bond donors (Lipinski definition) is 0. The van der Waals surface area contributed by atoms with E-state index in [4.69, 9.17) is 9.47 Å². The Morgan fingerprint density at radius 3 is 2.77 bits per heavy atom. The maximum absolute atomic E-state index is 11.1. The van der Waals surface area contributed by atoms with Crippen LogP contribution in [0.4, 0.5) is 0 Å². The van der Waals surface area contributed by atoms with Crippen molar-refractivity contribution in [2.75, 3.05) is 14.2 Å². The standard InChI is InChI=1S/C9H12O4/c1-6-4-7(9(10)12-3)13-8(5-6)11-2/h4-5,8H,1-3H3/t8-/m1/s1. The largest absolute Gasteiger partial charge is 0.463 e. The molecule has 0 radical (unpaired) electrons. The van der Waals surface area contributed by atoms with Crippen LogP contribution in [-0.2, 0) is 19.0 Å². The minimum atomic E-state index is -0.501. The molecule has 0 saturated heterocycles. The molecule has 4 heteroatoms. The quantitative estimate of drug-likeness (QED) is 0.600. The molecule has 1 heterocycles. The lowest BCUT2D eigenvalue weighted by molar-refractivity contribution is -0.146. The van der Waals surface area contributed by atoms with Crippen LogP contribution in [0.3, 0.4) is 0 Å². The SMILES string of the molecule is COC(=O)C1=CC(C)=C[C@H](OC)O1. The zero-order chi connectivity index (χ0) is 9.84. The Morgan fingerprint density at radius 2 is 2.23 bits per heavy atom. The zero-order valence-corrected chi connectivity index (χ0v) is 7.87. The number of esters is 1. The van der Waals surface area contributed by atoms with Crippen LogP contribution >= 0.6 is 0 Å². The molecule has 0 bridgehead atoms. The summed E-state index contributed by atoms with van der Waals surface area (Å²) in [5.41, 5.74) is 0.915. The Hall–Kier alpha value is -1.29. The topological polar surface area (TPSA) is 44.8 Å². The van der Waals surface area contributed by atoms with Crippen molar-refractivity contribution in [3.05, 3.63) is 23.5 Å². The first-order valence-electron chi connectivity index (χ1n) is 3.85. The van der Waals surface area contributed by atoms with Crippen LogP contribution in [-0.4, -0.2) is 26.5 Å². The lowest BCUT2D eigenvalue weighted by Crippen LogP contribution is -2.20. The molecule has 1 aliphatic heterocycles. The van der Waals surface area contributed by atoms with Gasteiger partial charge in [0.15, 0.2) is 0 Å². The van der Waals surface area contributed by atoms with Gasteiger partial charge in [-0.15, -0.1) is 0 Å². The van der Waals surface area contributed by atoms with Crippen molar-refractivity contribution in [1.82, 2.24) is 0 Å². The van der Waals surface area contributed by atoms with Gasteiger partial charge in [0.1, 0.15) is 0 Å². The number of hydrogen-bond acceptors (Lipinski definition) is 4. The molecule has 72 valence electrons. The van der Waals surface area contributed by atoms with Gasteiger partial charge in [-0.25, -0.2) is 4.79 Å². The van der Waals surface area contributed by atoms with Crippen LogP contribution < -0.4 is 0 Å². The van der Waals surface area contributed by atoms with Gasteiger partial charge in [0.05, 0.1) is 7.11 Å². The molecule has 1 aliphatic rings. The number of carbonyl (C=O) groups excluding carboxylic acids is 1. The van der Waals surface area contributed by atoms with Crippen molar-refractivity contribution in [1.29, 1.82) is 0 Å². The van der Waals surface area contributed by atoms with E-state index in [1.807, 2.05) is 6.92 Å². The highest BCUT2D eigenvalue weighted by Gasteiger charge is 2.19. The van der Waals surface area contributed by atoms with Crippen LogP contribution in [0, 0.1) is 0 Å². The van der Waals surface area contributed by atoms with Crippen molar-refractivity contribution in [3.63, 3.8) is 0 Å². The number of methoxy groups -OCH3 is 2. The van der Waals surface area contributed by atoms with Crippen LogP contribution in [0.1, 0.15) is 6.92 Å². The molecule has 0 fully saturated rings. The van der Waals surface area contributed by atoms with Gasteiger partial charge >= 0.3 is 5.97 Å². The third-order valence-electron chi connectivity index (χ3n) is 1.62. The Labute approximate surface area is 76.8 Å². The van der Waals surface area contributed by atoms with Crippen molar-refractivity contribution in [2.24, 2.45) is 0 Å². The van der Waals surface area contributed by atoms with E-state index in [-0.39, 0.29) is 5.76 Å². The molecule has 0 spiro atoms. The highest BCUT2D eigenvalue weighted by atomic mass is 16.7. The van der Waals surface area contributed by atoms with E-state index >= 15 is 0 Å². The minimum Gasteiger partial charge on any atom is -0.463 e. The molecule has 0 N–H and O–H groups in total. The van der Waals surface area contributed by atoms with E-state index < -0.39 is 12.3 Å². The number of allylic oxidation sites excluding steroid dienone is 2. The highest BCUT2D eigenvalue weighted by Crippen LogP contribution is 2.17. The van der Waals surface area contributed by atoms with Gasteiger partial charge in [0.2, 0.25) is 12.0 Å². The average molecular weight is 184 g/mol. The van der Waals surface area contributed by atoms with E-state index in [9.17, 15) is 4.79 Å². The van der Waals surface area contributed by atoms with Gasteiger partial charge in [-0.2, -0.15) is 0 Å². The Balaban J connectivity index is 2.78. The summed E-state index contributed by atoms with van der Waals surface area (Å²) in [5.74, 6) is -0.316. The van der Waals surface area contributed by atoms with E-state index in [1.165, 1.54) is 14.2 Å². The molecule has 0 aromatic heterocycles. The maximum atomic E-state index is 11.1. The van der Waals surface area contributed by atoms with E-state index in [1.54, 1.807) is 12.2 Å². The number of carbonyl (C=O) groups is 1. The summed E-state index contributed by atoms with van der Waals surface area (Å²) in [6.07, 6.45) is 2.88. The maximum Gasteiger partial charge on any atom is 0.373 e. The predicted octanol–water partition coefficient (Wildman–Crippen LogP) is 0.992. The number of ether oxygens (including phenoxy) is 3. The number of rotatable bonds is 2. The van der Waals surface area contributed by atoms with Crippen LogP contribution in [0.15, 0.2) is 23.5 Å². The van der Waals surface area contributed by atoms with Gasteiger partial charge in [0.25, 0.3) is 0 Å². The smallest absolute Gasteiger partial charge is 0.373 e. The Bertz CT molecular complexity index is 265. The Morgan fingerprint density at radius 1 is 1.54 bits per heavy atom. The fourth-order valence-corrected chi connectivity index (χ4v) is 0.987. The second kappa shape index (κ2) is 4.09. The van der Waals surface area contributed by atoms with E-state index in [0.717, 1.165) is 5.57 Å². The van der Waals surface area contributed by atoms with Gasteiger partial charge in [-0.1, -0.05) is 0 Å². The van der Waals surface area contributed by atoms with Crippen molar-refractivity contribution in [3.8, 4) is 0 Å². The van der Waals surface area contributed by atoms with E-state index in [0.29, 0.717) is 0 Å². The molecular weight excluding hydrogens is 172 g/mol. The molecule has 4 nitrogen and oxygen atoms in total. The molecular formula is C9H12O4. The normalized spacial score (nSPS) is 21.3. The second-order valence-corrected chi connectivity index (χ2v) is 2.63. The summed E-state index contributed by atoms with van der Waals surface area (Å²) in [5, 5.41) is 0. The molecule has 0 aromatic rings. The van der Waals surface area contributed by atoms with Crippen LogP contribution in [0.5, 0.6) is 0 Å². The van der Waals surface area contributed by atoms with Crippen LogP contribution in [0.25, 0.3) is 0 Å². The van der Waals surface area contributed by atoms with Crippen molar-refractivity contribution < 1.29 is 19.0 Å². The molecule has 0 aliphatic carbocycles. The van der Waals surface area contributed by atoms with Gasteiger partial charge in [-0.05, 0) is 24.6 Å². The molecule has 0 aromatic carbocycles. The predicted molar refractivity (Wildman–Crippen MR) is 45.7 cm³/mol. The molecule has 1 rings (SSSR count). The van der Waals surface area contributed by atoms with E-state index in [2.05, 4.69) is 4.74 Å². The third kappa shape index (κ3) is 2.32. The minimum absolute atomic E-state index is 0.175.